The van der Waals surface area contributed by atoms with Gasteiger partial charge in [-0.25, -0.2) is 0 Å². The molecule has 0 aliphatic rings. The number of nitrogens with one attached hydrogen (secondary N) is 1. The quantitative estimate of drug-likeness (QED) is 0.464. The van der Waals surface area contributed by atoms with Gasteiger partial charge in [0, 0.05) is 19.7 Å². The van der Waals surface area contributed by atoms with Crippen LogP contribution in [0.2, 0.25) is 0 Å². The van der Waals surface area contributed by atoms with Crippen LogP contribution >= 0.6 is 12.2 Å². The molecule has 0 heterocycles. The highest BCUT2D eigenvalue weighted by atomic mass is 32.1. The third-order valence-corrected chi connectivity index (χ3v) is 2.41. The van der Waals surface area contributed by atoms with Crippen molar-refractivity contribution < 1.29 is 5.11 Å². The first-order valence-corrected chi connectivity index (χ1v) is 5.21. The van der Waals surface area contributed by atoms with E-state index in [0.717, 1.165) is 5.56 Å². The van der Waals surface area contributed by atoms with Crippen LogP contribution in [0.1, 0.15) is 11.1 Å². The Labute approximate surface area is 101 Å². The topological polar surface area (TPSA) is 47.9 Å². The number of benzene rings is 1. The van der Waals surface area contributed by atoms with Gasteiger partial charge in [-0.15, -0.1) is 0 Å². The molecule has 0 aliphatic heterocycles. The van der Waals surface area contributed by atoms with E-state index in [4.69, 9.17) is 12.2 Å². The first-order chi connectivity index (χ1) is 7.50. The number of phenols is 1. The number of aryl methyl sites for hydroxylation is 1. The molecule has 1 rings (SSSR count). The highest BCUT2D eigenvalue weighted by Gasteiger charge is 1.98. The van der Waals surface area contributed by atoms with Crippen LogP contribution in [0.4, 0.5) is 0 Å². The van der Waals surface area contributed by atoms with Gasteiger partial charge in [-0.3, -0.25) is 5.43 Å². The Balaban J connectivity index is 2.69. The van der Waals surface area contributed by atoms with Crippen LogP contribution in [0.15, 0.2) is 23.3 Å². The molecular formula is C11H15N3OS. The summed E-state index contributed by atoms with van der Waals surface area (Å²) in [6.07, 6.45) is 1.54. The fourth-order valence-corrected chi connectivity index (χ4v) is 1.09. The maximum Gasteiger partial charge on any atom is 0.189 e. The molecule has 0 atom stereocenters. The van der Waals surface area contributed by atoms with Crippen LogP contribution < -0.4 is 5.43 Å². The van der Waals surface area contributed by atoms with Gasteiger partial charge in [-0.1, -0.05) is 11.6 Å². The van der Waals surface area contributed by atoms with E-state index in [1.807, 2.05) is 33.2 Å². The predicted octanol–water partition coefficient (Wildman–Crippen LogP) is 1.47. The number of nitrogens with zero attached hydrogens (tertiary/aromatic N) is 2. The first-order valence-electron chi connectivity index (χ1n) is 4.80. The van der Waals surface area contributed by atoms with E-state index < -0.39 is 0 Å². The van der Waals surface area contributed by atoms with Crippen molar-refractivity contribution in [2.45, 2.75) is 6.92 Å². The van der Waals surface area contributed by atoms with Gasteiger partial charge in [0.25, 0.3) is 0 Å². The van der Waals surface area contributed by atoms with Crippen LogP contribution in [-0.4, -0.2) is 35.4 Å². The van der Waals surface area contributed by atoms with E-state index >= 15 is 0 Å². The van der Waals surface area contributed by atoms with Crippen molar-refractivity contribution >= 4 is 23.5 Å². The van der Waals surface area contributed by atoms with Crippen molar-refractivity contribution in [1.29, 1.82) is 0 Å². The average molecular weight is 237 g/mol. The summed E-state index contributed by atoms with van der Waals surface area (Å²) >= 11 is 4.99. The highest BCUT2D eigenvalue weighted by Crippen LogP contribution is 2.15. The number of hydrazone groups is 1. The molecule has 16 heavy (non-hydrogen) atoms. The summed E-state index contributed by atoms with van der Waals surface area (Å²) < 4.78 is 0. The van der Waals surface area contributed by atoms with Gasteiger partial charge in [0.05, 0.1) is 6.21 Å². The number of thiocarbonyl (C=S) groups is 1. The average Bonchev–Trinajstić information content (AvgIpc) is 2.22. The number of hydrogen-bond donors (Lipinski definition) is 2. The molecule has 0 bridgehead atoms. The number of hydrogen-bond acceptors (Lipinski definition) is 3. The van der Waals surface area contributed by atoms with E-state index in [1.54, 1.807) is 11.0 Å². The first kappa shape index (κ1) is 12.4. The van der Waals surface area contributed by atoms with Crippen molar-refractivity contribution in [2.24, 2.45) is 5.10 Å². The standard InChI is InChI=1S/C11H15N3OS/c1-8-4-5-10(15)9(6-8)7-12-13-11(16)14(2)3/h4-7,15H,1-3H3,(H,13,16). The second kappa shape index (κ2) is 5.46. The molecule has 0 saturated heterocycles. The van der Waals surface area contributed by atoms with Gasteiger partial charge in [0.1, 0.15) is 5.75 Å². The van der Waals surface area contributed by atoms with Crippen molar-refractivity contribution in [3.63, 3.8) is 0 Å². The number of phenolic OH excluding ortho intramolecular Hbond substituents is 1. The lowest BCUT2D eigenvalue weighted by Gasteiger charge is -2.11. The van der Waals surface area contributed by atoms with Crippen molar-refractivity contribution in [2.75, 3.05) is 14.1 Å². The zero-order valence-electron chi connectivity index (χ0n) is 9.56. The molecule has 1 aromatic carbocycles. The largest absolute Gasteiger partial charge is 0.507 e. The van der Waals surface area contributed by atoms with Crippen molar-refractivity contribution in [1.82, 2.24) is 10.3 Å². The summed E-state index contributed by atoms with van der Waals surface area (Å²) in [7, 11) is 3.66. The second-order valence-electron chi connectivity index (χ2n) is 3.63. The summed E-state index contributed by atoms with van der Waals surface area (Å²) in [5.74, 6) is 0.201. The maximum atomic E-state index is 9.55. The van der Waals surface area contributed by atoms with Gasteiger partial charge in [-0.05, 0) is 31.3 Å². The van der Waals surface area contributed by atoms with E-state index in [0.29, 0.717) is 10.7 Å². The monoisotopic (exact) mass is 237 g/mol. The molecule has 0 radical (unpaired) electrons. The van der Waals surface area contributed by atoms with Crippen LogP contribution in [0, 0.1) is 6.92 Å². The summed E-state index contributed by atoms with van der Waals surface area (Å²) in [4.78, 5) is 1.74. The molecule has 0 amide bonds. The zero-order valence-corrected chi connectivity index (χ0v) is 10.4. The lowest BCUT2D eigenvalue weighted by Crippen LogP contribution is -2.30. The van der Waals surface area contributed by atoms with Gasteiger partial charge < -0.3 is 10.0 Å². The molecule has 5 heteroatoms. The SMILES string of the molecule is Cc1ccc(O)c(C=NNC(=S)N(C)C)c1. The van der Waals surface area contributed by atoms with Crippen LogP contribution in [0.5, 0.6) is 5.75 Å². The normalized spacial score (nSPS) is 10.4. The maximum absolute atomic E-state index is 9.55. The van der Waals surface area contributed by atoms with Gasteiger partial charge >= 0.3 is 0 Å². The van der Waals surface area contributed by atoms with Crippen LogP contribution in [0.25, 0.3) is 0 Å². The van der Waals surface area contributed by atoms with Crippen LogP contribution in [-0.2, 0) is 0 Å². The van der Waals surface area contributed by atoms with E-state index in [9.17, 15) is 5.11 Å². The highest BCUT2D eigenvalue weighted by molar-refractivity contribution is 7.80. The lowest BCUT2D eigenvalue weighted by molar-refractivity contribution is 0.474. The van der Waals surface area contributed by atoms with Gasteiger partial charge in [-0.2, -0.15) is 5.10 Å². The summed E-state index contributed by atoms with van der Waals surface area (Å²) in [5.41, 5.74) is 4.42. The Morgan fingerprint density at radius 2 is 2.19 bits per heavy atom. The smallest absolute Gasteiger partial charge is 0.189 e. The minimum Gasteiger partial charge on any atom is -0.507 e. The van der Waals surface area contributed by atoms with E-state index in [1.165, 1.54) is 6.21 Å². The Bertz CT molecular complexity index is 416. The number of aromatic hydroxyl groups is 1. The van der Waals surface area contributed by atoms with E-state index in [-0.39, 0.29) is 5.75 Å². The zero-order chi connectivity index (χ0) is 12.1. The fourth-order valence-electron chi connectivity index (χ4n) is 1.03. The Morgan fingerprint density at radius 1 is 1.50 bits per heavy atom. The Morgan fingerprint density at radius 3 is 2.81 bits per heavy atom. The predicted molar refractivity (Wildman–Crippen MR) is 69.9 cm³/mol. The summed E-state index contributed by atoms with van der Waals surface area (Å²) in [6.45, 7) is 1.95. The molecule has 4 nitrogen and oxygen atoms in total. The molecular weight excluding hydrogens is 222 g/mol. The Hall–Kier alpha value is -1.62. The minimum atomic E-state index is 0.201. The Kier molecular flexibility index (Phi) is 4.25. The molecule has 0 unspecified atom stereocenters. The molecule has 86 valence electrons. The van der Waals surface area contributed by atoms with Gasteiger partial charge in [0.15, 0.2) is 5.11 Å². The van der Waals surface area contributed by atoms with E-state index in [2.05, 4.69) is 10.5 Å². The summed E-state index contributed by atoms with van der Waals surface area (Å²) in [5, 5.41) is 14.0. The third kappa shape index (κ3) is 3.51. The second-order valence-corrected chi connectivity index (χ2v) is 4.02. The fraction of sp³-hybridized carbons (Fsp3) is 0.273. The van der Waals surface area contributed by atoms with Crippen molar-refractivity contribution in [3.05, 3.63) is 29.3 Å². The molecule has 0 saturated carbocycles. The molecule has 1 aromatic rings. The van der Waals surface area contributed by atoms with Crippen LogP contribution in [0.3, 0.4) is 0 Å². The lowest BCUT2D eigenvalue weighted by atomic mass is 10.1. The summed E-state index contributed by atoms with van der Waals surface area (Å²) in [6, 6.07) is 5.32. The molecule has 2 N–H and O–H groups in total. The molecule has 0 aliphatic carbocycles. The molecule has 0 aromatic heterocycles. The van der Waals surface area contributed by atoms with Crippen molar-refractivity contribution in [3.8, 4) is 5.75 Å². The molecule has 0 spiro atoms. The van der Waals surface area contributed by atoms with Gasteiger partial charge in [0.2, 0.25) is 0 Å². The number of rotatable bonds is 2. The minimum absolute atomic E-state index is 0.201. The third-order valence-electron chi connectivity index (χ3n) is 1.95. The molecule has 0 fully saturated rings.